The molecule has 1 N–H and O–H groups in total. The molecule has 1 heterocycles. The zero-order valence-electron chi connectivity index (χ0n) is 16.4. The van der Waals surface area contributed by atoms with E-state index in [4.69, 9.17) is 14.2 Å². The molecule has 0 aromatic heterocycles. The van der Waals surface area contributed by atoms with Crippen molar-refractivity contribution in [3.05, 3.63) is 59.2 Å². The number of amides is 1. The molecule has 0 spiro atoms. The maximum absolute atomic E-state index is 12.2. The Bertz CT molecular complexity index is 906. The van der Waals surface area contributed by atoms with Crippen molar-refractivity contribution in [1.29, 1.82) is 0 Å². The van der Waals surface area contributed by atoms with Crippen LogP contribution in [0.3, 0.4) is 0 Å². The van der Waals surface area contributed by atoms with Gasteiger partial charge in [0.15, 0.2) is 23.9 Å². The van der Waals surface area contributed by atoms with Crippen LogP contribution >= 0.6 is 0 Å². The van der Waals surface area contributed by atoms with Gasteiger partial charge in [-0.3, -0.25) is 14.4 Å². The fourth-order valence-electron chi connectivity index (χ4n) is 2.81. The number of carbonyl (C=O) groups is 3. The van der Waals surface area contributed by atoms with Gasteiger partial charge in [0.2, 0.25) is 6.79 Å². The summed E-state index contributed by atoms with van der Waals surface area (Å²) >= 11 is 0. The van der Waals surface area contributed by atoms with E-state index < -0.39 is 11.9 Å². The lowest BCUT2D eigenvalue weighted by Gasteiger charge is -2.10. The number of ketones is 1. The minimum atomic E-state index is -0.691. The van der Waals surface area contributed by atoms with Gasteiger partial charge in [0.1, 0.15) is 6.54 Å². The summed E-state index contributed by atoms with van der Waals surface area (Å²) in [4.78, 5) is 36.2. The van der Waals surface area contributed by atoms with E-state index in [1.54, 1.807) is 24.3 Å². The molecule has 7 heteroatoms. The average Bonchev–Trinajstić information content (AvgIpc) is 3.23. The first-order valence-corrected chi connectivity index (χ1v) is 9.44. The number of carbonyl (C=O) groups excluding carboxylic acids is 3. The quantitative estimate of drug-likeness (QED) is 0.544. The minimum Gasteiger partial charge on any atom is -0.456 e. The second-order valence-electron chi connectivity index (χ2n) is 6.77. The third kappa shape index (κ3) is 5.13. The van der Waals surface area contributed by atoms with Crippen LogP contribution in [-0.4, -0.2) is 37.6 Å². The molecule has 152 valence electrons. The lowest BCUT2D eigenvalue weighted by Crippen LogP contribution is -2.31. The van der Waals surface area contributed by atoms with Gasteiger partial charge in [0.05, 0.1) is 0 Å². The number of hydrogen-bond acceptors (Lipinski definition) is 6. The molecule has 0 aliphatic carbocycles. The molecule has 0 bridgehead atoms. The second-order valence-corrected chi connectivity index (χ2v) is 6.77. The Morgan fingerprint density at radius 3 is 2.45 bits per heavy atom. The van der Waals surface area contributed by atoms with E-state index in [1.807, 2.05) is 12.1 Å². The number of benzene rings is 2. The van der Waals surface area contributed by atoms with Crippen molar-refractivity contribution in [1.82, 2.24) is 5.32 Å². The number of ether oxygens (including phenoxy) is 3. The van der Waals surface area contributed by atoms with E-state index in [9.17, 15) is 14.4 Å². The van der Waals surface area contributed by atoms with Gasteiger partial charge in [0, 0.05) is 11.1 Å². The summed E-state index contributed by atoms with van der Waals surface area (Å²) in [5.41, 5.74) is 1.97. The molecular weight excluding hydrogens is 374 g/mol. The van der Waals surface area contributed by atoms with Gasteiger partial charge in [-0.05, 0) is 36.1 Å². The largest absolute Gasteiger partial charge is 0.456 e. The van der Waals surface area contributed by atoms with Gasteiger partial charge in [0.25, 0.3) is 5.91 Å². The van der Waals surface area contributed by atoms with Crippen molar-refractivity contribution < 1.29 is 28.6 Å². The molecule has 1 amide bonds. The van der Waals surface area contributed by atoms with Crippen LogP contribution in [0.1, 0.15) is 52.5 Å². The highest BCUT2D eigenvalue weighted by Gasteiger charge is 2.17. The molecular formula is C22H23NO6. The van der Waals surface area contributed by atoms with Gasteiger partial charge in [-0.2, -0.15) is 0 Å². The van der Waals surface area contributed by atoms with Crippen molar-refractivity contribution in [3.63, 3.8) is 0 Å². The van der Waals surface area contributed by atoms with Crippen molar-refractivity contribution in [3.8, 4) is 11.5 Å². The summed E-state index contributed by atoms with van der Waals surface area (Å²) in [5, 5.41) is 2.46. The number of esters is 1. The summed E-state index contributed by atoms with van der Waals surface area (Å²) in [5.74, 6) is 0.0270. The molecule has 0 radical (unpaired) electrons. The Labute approximate surface area is 169 Å². The number of fused-ring (bicyclic) bond motifs is 1. The predicted molar refractivity (Wildman–Crippen MR) is 105 cm³/mol. The van der Waals surface area contributed by atoms with Gasteiger partial charge in [-0.1, -0.05) is 38.1 Å². The van der Waals surface area contributed by atoms with Gasteiger partial charge >= 0.3 is 5.97 Å². The maximum atomic E-state index is 12.2. The lowest BCUT2D eigenvalue weighted by molar-refractivity contribution is -0.141. The zero-order valence-corrected chi connectivity index (χ0v) is 16.4. The summed E-state index contributed by atoms with van der Waals surface area (Å²) in [6, 6.07) is 12.0. The van der Waals surface area contributed by atoms with Crippen molar-refractivity contribution in [2.24, 2.45) is 0 Å². The normalized spacial score (nSPS) is 12.9. The third-order valence-corrected chi connectivity index (χ3v) is 4.81. The highest BCUT2D eigenvalue weighted by molar-refractivity contribution is 5.99. The second kappa shape index (κ2) is 9.23. The fraction of sp³-hybridized carbons (Fsp3) is 0.318. The van der Waals surface area contributed by atoms with Crippen LogP contribution in [0.5, 0.6) is 11.5 Å². The van der Waals surface area contributed by atoms with Gasteiger partial charge < -0.3 is 19.5 Å². The monoisotopic (exact) mass is 397 g/mol. The smallest absolute Gasteiger partial charge is 0.325 e. The topological polar surface area (TPSA) is 90.9 Å². The molecule has 0 fully saturated rings. The van der Waals surface area contributed by atoms with Crippen LogP contribution in [0.2, 0.25) is 0 Å². The van der Waals surface area contributed by atoms with Crippen molar-refractivity contribution in [2.45, 2.75) is 26.2 Å². The molecule has 0 saturated carbocycles. The zero-order chi connectivity index (χ0) is 20.8. The predicted octanol–water partition coefficient (Wildman–Crippen LogP) is 3.08. The van der Waals surface area contributed by atoms with Crippen LogP contribution in [0, 0.1) is 0 Å². The summed E-state index contributed by atoms with van der Waals surface area (Å²) < 4.78 is 15.4. The van der Waals surface area contributed by atoms with Crippen LogP contribution in [0.15, 0.2) is 42.5 Å². The van der Waals surface area contributed by atoms with Crippen LogP contribution in [-0.2, 0) is 9.53 Å². The first-order chi connectivity index (χ1) is 14.0. The number of nitrogens with one attached hydrogen (secondary N) is 1. The summed E-state index contributed by atoms with van der Waals surface area (Å²) in [6.45, 7) is 3.63. The van der Waals surface area contributed by atoms with Crippen molar-refractivity contribution >= 4 is 17.7 Å². The minimum absolute atomic E-state index is 0.112. The molecule has 1 aliphatic rings. The lowest BCUT2D eigenvalue weighted by atomic mass is 9.97. The maximum Gasteiger partial charge on any atom is 0.325 e. The average molecular weight is 397 g/mol. The third-order valence-electron chi connectivity index (χ3n) is 4.81. The highest BCUT2D eigenvalue weighted by atomic mass is 16.7. The molecule has 1 atom stereocenters. The van der Waals surface area contributed by atoms with Crippen LogP contribution < -0.4 is 14.8 Å². The Morgan fingerprint density at radius 1 is 1.03 bits per heavy atom. The standard InChI is InChI=1S/C22H23NO6/c1-3-14(2)15-4-6-16(7-5-15)18(24)12-27-21(25)11-23-22(26)17-8-9-19-20(10-17)29-13-28-19/h4-10,14H,3,11-13H2,1-2H3,(H,23,26)/t14-/m0/s1. The first-order valence-electron chi connectivity index (χ1n) is 9.44. The number of Topliss-reactive ketones (excluding diaryl/α,β-unsaturated/α-hetero) is 1. The molecule has 0 unspecified atom stereocenters. The molecule has 29 heavy (non-hydrogen) atoms. The van der Waals surface area contributed by atoms with E-state index in [-0.39, 0.29) is 25.7 Å². The van der Waals surface area contributed by atoms with Crippen LogP contribution in [0.25, 0.3) is 0 Å². The SMILES string of the molecule is CC[C@H](C)c1ccc(C(=O)COC(=O)CNC(=O)c2ccc3c(c2)OCO3)cc1. The molecule has 2 aromatic carbocycles. The van der Waals surface area contributed by atoms with E-state index in [2.05, 4.69) is 19.2 Å². The molecule has 2 aromatic rings. The Hall–Kier alpha value is -3.35. The number of hydrogen-bond donors (Lipinski definition) is 1. The van der Waals surface area contributed by atoms with Crippen molar-refractivity contribution in [2.75, 3.05) is 19.9 Å². The Morgan fingerprint density at radius 2 is 1.72 bits per heavy atom. The Balaban J connectivity index is 1.44. The van der Waals surface area contributed by atoms with E-state index in [0.717, 1.165) is 12.0 Å². The first kappa shape index (κ1) is 20.4. The van der Waals surface area contributed by atoms with Gasteiger partial charge in [-0.15, -0.1) is 0 Å². The summed E-state index contributed by atoms with van der Waals surface area (Å²) in [7, 11) is 0. The van der Waals surface area contributed by atoms with E-state index >= 15 is 0 Å². The Kier molecular flexibility index (Phi) is 6.49. The van der Waals surface area contributed by atoms with Crippen LogP contribution in [0.4, 0.5) is 0 Å². The number of rotatable bonds is 8. The fourth-order valence-corrected chi connectivity index (χ4v) is 2.81. The summed E-state index contributed by atoms with van der Waals surface area (Å²) in [6.07, 6.45) is 1.02. The highest BCUT2D eigenvalue weighted by Crippen LogP contribution is 2.32. The van der Waals surface area contributed by atoms with E-state index in [0.29, 0.717) is 28.5 Å². The molecule has 0 saturated heterocycles. The molecule has 7 nitrogen and oxygen atoms in total. The molecule has 1 aliphatic heterocycles. The molecule has 3 rings (SSSR count). The van der Waals surface area contributed by atoms with Gasteiger partial charge in [-0.25, -0.2) is 0 Å². The van der Waals surface area contributed by atoms with E-state index in [1.165, 1.54) is 6.07 Å².